The molecule has 0 radical (unpaired) electrons. The Morgan fingerprint density at radius 3 is 2.52 bits per heavy atom. The minimum absolute atomic E-state index is 0.161. The second-order valence-corrected chi connectivity index (χ2v) is 9.30. The van der Waals surface area contributed by atoms with Gasteiger partial charge in [0.25, 0.3) is 0 Å². The van der Waals surface area contributed by atoms with Gasteiger partial charge in [0.15, 0.2) is 0 Å². The Hall–Kier alpha value is -1.24. The van der Waals surface area contributed by atoms with Crippen LogP contribution in [0.4, 0.5) is 0 Å². The van der Waals surface area contributed by atoms with Crippen LogP contribution in [0.3, 0.4) is 0 Å². The summed E-state index contributed by atoms with van der Waals surface area (Å²) >= 11 is 1.70. The van der Waals surface area contributed by atoms with Crippen LogP contribution < -0.4 is 0 Å². The fourth-order valence-electron chi connectivity index (χ4n) is 3.77. The summed E-state index contributed by atoms with van der Waals surface area (Å²) in [4.78, 5) is 37.0. The van der Waals surface area contributed by atoms with Crippen LogP contribution >= 0.6 is 11.8 Å². The lowest BCUT2D eigenvalue weighted by Crippen LogP contribution is -2.37. The number of esters is 2. The molecule has 0 bridgehead atoms. The summed E-state index contributed by atoms with van der Waals surface area (Å²) < 4.78 is 10.3. The van der Waals surface area contributed by atoms with Crippen molar-refractivity contribution in [2.24, 2.45) is 0 Å². The largest absolute Gasteiger partial charge is 0.469 e. The van der Waals surface area contributed by atoms with Gasteiger partial charge in [-0.05, 0) is 45.4 Å². The van der Waals surface area contributed by atoms with Crippen molar-refractivity contribution in [3.8, 4) is 0 Å². The topological polar surface area (TPSA) is 72.9 Å². The first-order valence-corrected chi connectivity index (χ1v) is 12.0. The van der Waals surface area contributed by atoms with Crippen molar-refractivity contribution in [3.05, 3.63) is 0 Å². The molecular formula is C22H39NO5S. The fraction of sp³-hybridized carbons (Fsp3) is 0.864. The third kappa shape index (κ3) is 10.4. The monoisotopic (exact) mass is 429 g/mol. The fourth-order valence-corrected chi connectivity index (χ4v) is 4.96. The van der Waals surface area contributed by atoms with E-state index in [2.05, 4.69) is 11.7 Å². The molecule has 1 aliphatic rings. The predicted octanol–water partition coefficient (Wildman–Crippen LogP) is 4.69. The van der Waals surface area contributed by atoms with E-state index in [9.17, 15) is 14.4 Å². The Labute approximate surface area is 180 Å². The zero-order valence-corrected chi connectivity index (χ0v) is 19.5. The van der Waals surface area contributed by atoms with E-state index in [1.54, 1.807) is 11.8 Å². The lowest BCUT2D eigenvalue weighted by molar-refractivity contribution is -0.157. The summed E-state index contributed by atoms with van der Waals surface area (Å²) in [6.45, 7) is 6.42. The molecule has 0 aromatic heterocycles. The Balaban J connectivity index is 2.44. The molecule has 1 heterocycles. The highest BCUT2D eigenvalue weighted by atomic mass is 32.2. The number of ether oxygens (including phenoxy) is 2. The second kappa shape index (κ2) is 13.9. The third-order valence-electron chi connectivity index (χ3n) is 5.44. The maximum absolute atomic E-state index is 12.3. The van der Waals surface area contributed by atoms with Crippen molar-refractivity contribution in [2.45, 2.75) is 102 Å². The lowest BCUT2D eigenvalue weighted by atomic mass is 9.92. The molecule has 0 N–H and O–H groups in total. The maximum Gasteiger partial charge on any atom is 0.305 e. The van der Waals surface area contributed by atoms with Crippen molar-refractivity contribution >= 4 is 29.6 Å². The normalized spacial score (nSPS) is 18.6. The van der Waals surface area contributed by atoms with E-state index in [0.717, 1.165) is 70.8 Å². The SMILES string of the molecule is CCCCCC(C)(CCC1SCC(=O)N1CCCCCCC(=O)OC)OC(C)=O. The highest BCUT2D eigenvalue weighted by Gasteiger charge is 2.34. The summed E-state index contributed by atoms with van der Waals surface area (Å²) in [6.07, 6.45) is 10.0. The number of hydrogen-bond donors (Lipinski definition) is 0. The predicted molar refractivity (Wildman–Crippen MR) is 117 cm³/mol. The molecule has 1 saturated heterocycles. The molecule has 2 atom stereocenters. The Morgan fingerprint density at radius 2 is 1.86 bits per heavy atom. The molecule has 0 aromatic rings. The van der Waals surface area contributed by atoms with Gasteiger partial charge in [0.1, 0.15) is 5.60 Å². The minimum atomic E-state index is -0.452. The van der Waals surface area contributed by atoms with Crippen LogP contribution in [0.5, 0.6) is 0 Å². The number of nitrogens with zero attached hydrogens (tertiary/aromatic N) is 1. The zero-order valence-electron chi connectivity index (χ0n) is 18.7. The van der Waals surface area contributed by atoms with E-state index < -0.39 is 5.60 Å². The maximum atomic E-state index is 12.3. The van der Waals surface area contributed by atoms with Crippen molar-refractivity contribution in [1.29, 1.82) is 0 Å². The first-order valence-electron chi connectivity index (χ1n) is 11.0. The zero-order chi connectivity index (χ0) is 21.7. The van der Waals surface area contributed by atoms with Crippen LogP contribution in [0.2, 0.25) is 0 Å². The van der Waals surface area contributed by atoms with Crippen LogP contribution in [0.25, 0.3) is 0 Å². The van der Waals surface area contributed by atoms with Gasteiger partial charge in [-0.2, -0.15) is 0 Å². The molecular weight excluding hydrogens is 390 g/mol. The summed E-state index contributed by atoms with van der Waals surface area (Å²) in [5.74, 6) is 0.344. The summed E-state index contributed by atoms with van der Waals surface area (Å²) in [5, 5.41) is 0.165. The molecule has 0 aromatic carbocycles. The van der Waals surface area contributed by atoms with Crippen molar-refractivity contribution < 1.29 is 23.9 Å². The molecule has 7 heteroatoms. The molecule has 2 unspecified atom stereocenters. The Kier molecular flexibility index (Phi) is 12.4. The van der Waals surface area contributed by atoms with E-state index in [-0.39, 0.29) is 23.2 Å². The van der Waals surface area contributed by atoms with E-state index in [4.69, 9.17) is 4.74 Å². The molecule has 168 valence electrons. The van der Waals surface area contributed by atoms with E-state index in [1.165, 1.54) is 14.0 Å². The highest BCUT2D eigenvalue weighted by Crippen LogP contribution is 2.33. The lowest BCUT2D eigenvalue weighted by Gasteiger charge is -2.32. The van der Waals surface area contributed by atoms with E-state index in [1.807, 2.05) is 11.8 Å². The molecule has 1 amide bonds. The number of methoxy groups -OCH3 is 1. The molecule has 1 aliphatic heterocycles. The second-order valence-electron chi connectivity index (χ2n) is 8.13. The molecule has 6 nitrogen and oxygen atoms in total. The van der Waals surface area contributed by atoms with Crippen LogP contribution in [-0.2, 0) is 23.9 Å². The first kappa shape index (κ1) is 25.8. The standard InChI is InChI=1S/C22H39NO5S/c1-5-6-10-14-22(3,28-18(2)24)15-13-20-23(19(25)17-29-20)16-11-8-7-9-12-21(26)27-4/h20H,5-17H2,1-4H3. The summed E-state index contributed by atoms with van der Waals surface area (Å²) in [7, 11) is 1.41. The molecule has 29 heavy (non-hydrogen) atoms. The van der Waals surface area contributed by atoms with Gasteiger partial charge in [-0.25, -0.2) is 0 Å². The smallest absolute Gasteiger partial charge is 0.305 e. The molecule has 0 saturated carbocycles. The molecule has 1 fully saturated rings. The van der Waals surface area contributed by atoms with Gasteiger partial charge >= 0.3 is 11.9 Å². The van der Waals surface area contributed by atoms with Crippen LogP contribution in [-0.4, -0.2) is 53.1 Å². The van der Waals surface area contributed by atoms with Crippen LogP contribution in [0.1, 0.15) is 91.4 Å². The Bertz CT molecular complexity index is 527. The molecule has 1 rings (SSSR count). The van der Waals surface area contributed by atoms with Crippen molar-refractivity contribution in [3.63, 3.8) is 0 Å². The van der Waals surface area contributed by atoms with Gasteiger partial charge < -0.3 is 14.4 Å². The number of hydrogen-bond acceptors (Lipinski definition) is 6. The van der Waals surface area contributed by atoms with Gasteiger partial charge in [-0.3, -0.25) is 14.4 Å². The number of amides is 1. The summed E-state index contributed by atoms with van der Waals surface area (Å²) in [6, 6.07) is 0. The number of carbonyl (C=O) groups is 3. The number of rotatable bonds is 15. The van der Waals surface area contributed by atoms with Gasteiger partial charge in [-0.1, -0.05) is 32.6 Å². The van der Waals surface area contributed by atoms with E-state index >= 15 is 0 Å². The van der Waals surface area contributed by atoms with Crippen LogP contribution in [0, 0.1) is 0 Å². The Morgan fingerprint density at radius 1 is 1.14 bits per heavy atom. The highest BCUT2D eigenvalue weighted by molar-refractivity contribution is 8.00. The van der Waals surface area contributed by atoms with Crippen molar-refractivity contribution in [1.82, 2.24) is 4.90 Å². The average Bonchev–Trinajstić information content (AvgIpc) is 3.02. The molecule has 0 spiro atoms. The van der Waals surface area contributed by atoms with Gasteiger partial charge in [0, 0.05) is 19.9 Å². The quantitative estimate of drug-likeness (QED) is 0.278. The van der Waals surface area contributed by atoms with E-state index in [0.29, 0.717) is 12.2 Å². The number of carbonyl (C=O) groups excluding carboxylic acids is 3. The minimum Gasteiger partial charge on any atom is -0.469 e. The average molecular weight is 430 g/mol. The van der Waals surface area contributed by atoms with Gasteiger partial charge in [-0.15, -0.1) is 11.8 Å². The summed E-state index contributed by atoms with van der Waals surface area (Å²) in [5.41, 5.74) is -0.452. The number of unbranched alkanes of at least 4 members (excludes halogenated alkanes) is 5. The van der Waals surface area contributed by atoms with Crippen LogP contribution in [0.15, 0.2) is 0 Å². The van der Waals surface area contributed by atoms with Crippen molar-refractivity contribution in [2.75, 3.05) is 19.4 Å². The third-order valence-corrected chi connectivity index (χ3v) is 6.73. The number of thioether (sulfide) groups is 1. The van der Waals surface area contributed by atoms with Gasteiger partial charge in [0.2, 0.25) is 5.91 Å². The molecule has 0 aliphatic carbocycles. The first-order chi connectivity index (χ1) is 13.8. The van der Waals surface area contributed by atoms with Gasteiger partial charge in [0.05, 0.1) is 18.2 Å².